The lowest BCUT2D eigenvalue weighted by Gasteiger charge is -2.33. The van der Waals surface area contributed by atoms with Crippen LogP contribution >= 0.6 is 23.2 Å². The molecule has 1 unspecified atom stereocenters. The lowest BCUT2D eigenvalue weighted by Crippen LogP contribution is -2.53. The Morgan fingerprint density at radius 2 is 1.59 bits per heavy atom. The third-order valence-electron chi connectivity index (χ3n) is 7.52. The second-order valence-electron chi connectivity index (χ2n) is 10.4. The second kappa shape index (κ2) is 13.7. The molecular weight excluding hydrogens is 581 g/mol. The fourth-order valence-electron chi connectivity index (χ4n) is 5.01. The molecule has 4 rings (SSSR count). The standard InChI is InChI=1S/C31H35Cl2N3O4S/c1-22-11-9-10-12-24(22)20-35(23(2)31(38)34-25-13-5-3-6-14-25)30(37)21-36(26-17-18-28(32)29(33)19-26)41(39,40)27-15-7-4-8-16-27/h4,7-12,15-19,23,25H,3,5-6,13-14,20-21H2,1-2H3,(H,34,38). The minimum Gasteiger partial charge on any atom is -0.352 e. The van der Waals surface area contributed by atoms with Gasteiger partial charge in [0.15, 0.2) is 0 Å². The van der Waals surface area contributed by atoms with E-state index < -0.39 is 28.5 Å². The highest BCUT2D eigenvalue weighted by atomic mass is 35.5. The van der Waals surface area contributed by atoms with Gasteiger partial charge in [0.1, 0.15) is 12.6 Å². The molecule has 1 aliphatic rings. The van der Waals surface area contributed by atoms with Crippen LogP contribution in [0.1, 0.15) is 50.2 Å². The van der Waals surface area contributed by atoms with Gasteiger partial charge in [-0.05, 0) is 68.1 Å². The molecule has 2 amide bonds. The van der Waals surface area contributed by atoms with E-state index in [2.05, 4.69) is 5.32 Å². The molecule has 218 valence electrons. The van der Waals surface area contributed by atoms with E-state index in [9.17, 15) is 18.0 Å². The third kappa shape index (κ3) is 7.61. The van der Waals surface area contributed by atoms with Gasteiger partial charge < -0.3 is 10.2 Å². The molecule has 3 aromatic rings. The predicted octanol–water partition coefficient (Wildman–Crippen LogP) is 6.36. The van der Waals surface area contributed by atoms with E-state index in [4.69, 9.17) is 23.2 Å². The fourth-order valence-corrected chi connectivity index (χ4v) is 6.73. The molecule has 0 heterocycles. The Balaban J connectivity index is 1.69. The SMILES string of the molecule is Cc1ccccc1CN(C(=O)CN(c1ccc(Cl)c(Cl)c1)S(=O)(=O)c1ccccc1)C(C)C(=O)NC1CCCCC1. The minimum atomic E-state index is -4.18. The first-order valence-electron chi connectivity index (χ1n) is 13.7. The van der Waals surface area contributed by atoms with E-state index in [1.807, 2.05) is 31.2 Å². The monoisotopic (exact) mass is 615 g/mol. The van der Waals surface area contributed by atoms with Crippen LogP contribution in [0.5, 0.6) is 0 Å². The highest BCUT2D eigenvalue weighted by Crippen LogP contribution is 2.31. The van der Waals surface area contributed by atoms with Crippen molar-refractivity contribution in [2.24, 2.45) is 0 Å². The number of nitrogens with zero attached hydrogens (tertiary/aromatic N) is 2. The molecule has 1 atom stereocenters. The maximum atomic E-state index is 14.1. The van der Waals surface area contributed by atoms with Crippen molar-refractivity contribution >= 4 is 50.7 Å². The number of nitrogens with one attached hydrogen (secondary N) is 1. The van der Waals surface area contributed by atoms with Crippen LogP contribution in [0.2, 0.25) is 10.0 Å². The van der Waals surface area contributed by atoms with Crippen LogP contribution < -0.4 is 9.62 Å². The maximum absolute atomic E-state index is 14.1. The summed E-state index contributed by atoms with van der Waals surface area (Å²) in [5, 5.41) is 3.52. The van der Waals surface area contributed by atoms with Crippen molar-refractivity contribution < 1.29 is 18.0 Å². The number of anilines is 1. The normalized spacial score (nSPS) is 14.7. The Bertz CT molecular complexity index is 1480. The first-order chi connectivity index (χ1) is 19.6. The first-order valence-corrected chi connectivity index (χ1v) is 15.9. The Labute approximate surface area is 252 Å². The van der Waals surface area contributed by atoms with Gasteiger partial charge in [-0.1, -0.05) is 84.9 Å². The van der Waals surface area contributed by atoms with E-state index in [0.29, 0.717) is 0 Å². The van der Waals surface area contributed by atoms with Crippen LogP contribution in [0.4, 0.5) is 5.69 Å². The quantitative estimate of drug-likeness (QED) is 0.287. The van der Waals surface area contributed by atoms with Crippen molar-refractivity contribution in [2.75, 3.05) is 10.8 Å². The number of hydrogen-bond donors (Lipinski definition) is 1. The molecule has 41 heavy (non-hydrogen) atoms. The molecule has 0 aromatic heterocycles. The number of benzene rings is 3. The number of aryl methyl sites for hydroxylation is 1. The van der Waals surface area contributed by atoms with Crippen molar-refractivity contribution in [3.63, 3.8) is 0 Å². The summed E-state index contributed by atoms with van der Waals surface area (Å²) in [6.45, 7) is 3.23. The molecule has 1 N–H and O–H groups in total. The number of carbonyl (C=O) groups excluding carboxylic acids is 2. The van der Waals surface area contributed by atoms with E-state index in [1.165, 1.54) is 35.2 Å². The first kappa shape index (κ1) is 30.9. The van der Waals surface area contributed by atoms with Gasteiger partial charge in [0, 0.05) is 12.6 Å². The lowest BCUT2D eigenvalue weighted by atomic mass is 9.95. The van der Waals surface area contributed by atoms with Crippen molar-refractivity contribution in [3.8, 4) is 0 Å². The summed E-state index contributed by atoms with van der Waals surface area (Å²) in [5.74, 6) is -0.782. The molecule has 0 aliphatic heterocycles. The number of rotatable bonds is 10. The van der Waals surface area contributed by atoms with E-state index >= 15 is 0 Å². The van der Waals surface area contributed by atoms with Crippen LogP contribution in [0.3, 0.4) is 0 Å². The molecule has 7 nitrogen and oxygen atoms in total. The molecule has 0 spiro atoms. The van der Waals surface area contributed by atoms with Gasteiger partial charge in [-0.15, -0.1) is 0 Å². The predicted molar refractivity (Wildman–Crippen MR) is 164 cm³/mol. The van der Waals surface area contributed by atoms with Crippen LogP contribution in [-0.2, 0) is 26.2 Å². The molecule has 0 bridgehead atoms. The van der Waals surface area contributed by atoms with Crippen LogP contribution in [0.25, 0.3) is 0 Å². The van der Waals surface area contributed by atoms with E-state index in [-0.39, 0.29) is 39.1 Å². The molecule has 10 heteroatoms. The zero-order chi connectivity index (χ0) is 29.6. The average Bonchev–Trinajstić information content (AvgIpc) is 2.97. The summed E-state index contributed by atoms with van der Waals surface area (Å²) in [6.07, 6.45) is 5.08. The topological polar surface area (TPSA) is 86.8 Å². The molecule has 0 saturated heterocycles. The number of hydrogen-bond acceptors (Lipinski definition) is 4. The average molecular weight is 617 g/mol. The largest absolute Gasteiger partial charge is 0.352 e. The van der Waals surface area contributed by atoms with Gasteiger partial charge in [-0.25, -0.2) is 8.42 Å². The highest BCUT2D eigenvalue weighted by Gasteiger charge is 2.33. The minimum absolute atomic E-state index is 0.0208. The zero-order valence-corrected chi connectivity index (χ0v) is 25.6. The van der Waals surface area contributed by atoms with Crippen LogP contribution in [0, 0.1) is 6.92 Å². The second-order valence-corrected chi connectivity index (χ2v) is 13.1. The van der Waals surface area contributed by atoms with Gasteiger partial charge >= 0.3 is 0 Å². The molecule has 0 radical (unpaired) electrons. The summed E-state index contributed by atoms with van der Waals surface area (Å²) >= 11 is 12.4. The van der Waals surface area contributed by atoms with Crippen molar-refractivity contribution in [1.29, 1.82) is 0 Å². The van der Waals surface area contributed by atoms with E-state index in [0.717, 1.165) is 47.5 Å². The highest BCUT2D eigenvalue weighted by molar-refractivity contribution is 7.92. The molecule has 1 saturated carbocycles. The van der Waals surface area contributed by atoms with Crippen molar-refractivity contribution in [3.05, 3.63) is 94.0 Å². The third-order valence-corrected chi connectivity index (χ3v) is 10.0. The van der Waals surface area contributed by atoms with E-state index in [1.54, 1.807) is 25.1 Å². The Morgan fingerprint density at radius 1 is 0.927 bits per heavy atom. The van der Waals surface area contributed by atoms with Crippen LogP contribution in [-0.4, -0.2) is 43.8 Å². The Morgan fingerprint density at radius 3 is 2.24 bits per heavy atom. The summed E-state index contributed by atoms with van der Waals surface area (Å²) in [5.41, 5.74) is 2.01. The molecule has 1 aliphatic carbocycles. The van der Waals surface area contributed by atoms with Crippen molar-refractivity contribution in [2.45, 2.75) is 69.5 Å². The molecule has 3 aromatic carbocycles. The number of amides is 2. The fraction of sp³-hybridized carbons (Fsp3) is 0.355. The maximum Gasteiger partial charge on any atom is 0.264 e. The van der Waals surface area contributed by atoms with Gasteiger partial charge in [0.2, 0.25) is 11.8 Å². The summed E-state index contributed by atoms with van der Waals surface area (Å²) in [4.78, 5) is 29.0. The molecule has 1 fully saturated rings. The summed E-state index contributed by atoms with van der Waals surface area (Å²) in [6, 6.07) is 19.1. The smallest absolute Gasteiger partial charge is 0.264 e. The van der Waals surface area contributed by atoms with Gasteiger partial charge in [0.05, 0.1) is 20.6 Å². The Hall–Kier alpha value is -3.07. The summed E-state index contributed by atoms with van der Waals surface area (Å²) in [7, 11) is -4.18. The van der Waals surface area contributed by atoms with Gasteiger partial charge in [-0.2, -0.15) is 0 Å². The zero-order valence-electron chi connectivity index (χ0n) is 23.2. The van der Waals surface area contributed by atoms with Gasteiger partial charge in [0.25, 0.3) is 10.0 Å². The summed E-state index contributed by atoms with van der Waals surface area (Å²) < 4.78 is 28.7. The number of carbonyl (C=O) groups is 2. The van der Waals surface area contributed by atoms with Crippen molar-refractivity contribution in [1.82, 2.24) is 10.2 Å². The molecular formula is C31H35Cl2N3O4S. The number of sulfonamides is 1. The van der Waals surface area contributed by atoms with Gasteiger partial charge in [-0.3, -0.25) is 13.9 Å². The number of halogens is 2. The Kier molecular flexibility index (Phi) is 10.3. The lowest BCUT2D eigenvalue weighted by molar-refractivity contribution is -0.139. The van der Waals surface area contributed by atoms with Crippen LogP contribution in [0.15, 0.2) is 77.7 Å².